The summed E-state index contributed by atoms with van der Waals surface area (Å²) >= 11 is 0. The van der Waals surface area contributed by atoms with Crippen molar-refractivity contribution in [3.63, 3.8) is 0 Å². The average molecular weight is 579 g/mol. The van der Waals surface area contributed by atoms with Gasteiger partial charge in [0.15, 0.2) is 5.60 Å². The number of hydrogen-bond acceptors (Lipinski definition) is 5. The molecule has 5 heteroatoms. The zero-order chi connectivity index (χ0) is 29.5. The lowest BCUT2D eigenvalue weighted by molar-refractivity contribution is 0.0224. The zero-order valence-electron chi connectivity index (χ0n) is 24.6. The highest BCUT2D eigenvalue weighted by atomic mass is 16.6. The second kappa shape index (κ2) is 10.9. The minimum Gasteiger partial charge on any atom is -0.456 e. The fourth-order valence-corrected chi connectivity index (χ4v) is 7.04. The predicted octanol–water partition coefficient (Wildman–Crippen LogP) is 8.45. The zero-order valence-corrected chi connectivity index (χ0v) is 24.6. The van der Waals surface area contributed by atoms with Gasteiger partial charge in [-0.1, -0.05) is 78.9 Å². The maximum Gasteiger partial charge on any atom is 0.340 e. The van der Waals surface area contributed by atoms with Gasteiger partial charge < -0.3 is 19.3 Å². The summed E-state index contributed by atoms with van der Waals surface area (Å²) in [5.74, 6) is 1.14. The van der Waals surface area contributed by atoms with E-state index in [9.17, 15) is 4.79 Å². The fourth-order valence-electron chi connectivity index (χ4n) is 7.04. The number of piperidine rings is 1. The van der Waals surface area contributed by atoms with E-state index in [-0.39, 0.29) is 5.97 Å². The van der Waals surface area contributed by atoms with Crippen LogP contribution in [-0.4, -0.2) is 19.1 Å². The molecule has 5 aromatic rings. The molecule has 0 saturated carbocycles. The predicted molar refractivity (Wildman–Crippen MR) is 174 cm³/mol. The molecular formula is C39H34N2O3. The van der Waals surface area contributed by atoms with Crippen LogP contribution in [0.15, 0.2) is 121 Å². The van der Waals surface area contributed by atoms with E-state index < -0.39 is 5.60 Å². The van der Waals surface area contributed by atoms with Gasteiger partial charge >= 0.3 is 5.97 Å². The van der Waals surface area contributed by atoms with Crippen LogP contribution in [0.4, 0.5) is 11.4 Å². The highest BCUT2D eigenvalue weighted by molar-refractivity contribution is 5.97. The summed E-state index contributed by atoms with van der Waals surface area (Å²) in [4.78, 5) is 18.3. The average Bonchev–Trinajstić information content (AvgIpc) is 3.38. The molecular weight excluding hydrogens is 544 g/mol. The third kappa shape index (κ3) is 4.51. The van der Waals surface area contributed by atoms with Crippen molar-refractivity contribution in [3.05, 3.63) is 155 Å². The molecule has 3 aliphatic heterocycles. The molecule has 3 aliphatic rings. The van der Waals surface area contributed by atoms with Crippen LogP contribution in [0.2, 0.25) is 0 Å². The van der Waals surface area contributed by atoms with Crippen molar-refractivity contribution in [1.82, 2.24) is 0 Å². The summed E-state index contributed by atoms with van der Waals surface area (Å²) in [6.07, 6.45) is 3.66. The van der Waals surface area contributed by atoms with E-state index in [2.05, 4.69) is 88.7 Å². The van der Waals surface area contributed by atoms with Crippen molar-refractivity contribution >= 4 is 17.3 Å². The Kier molecular flexibility index (Phi) is 6.59. The maximum absolute atomic E-state index is 13.5. The summed E-state index contributed by atoms with van der Waals surface area (Å²) in [6, 6.07) is 41.6. The highest BCUT2D eigenvalue weighted by Gasteiger charge is 2.53. The number of anilines is 2. The Labute approximate surface area is 258 Å². The second-order valence-electron chi connectivity index (χ2n) is 12.0. The SMILES string of the molecule is O=C1OC2(c3ccc(N4CCCCC4)cc3Oc3ccc(N(Cc4ccccc4)Cc4ccccc4)cc32)c2ccccc21. The van der Waals surface area contributed by atoms with Gasteiger partial charge in [0.25, 0.3) is 0 Å². The normalized spacial score (nSPS) is 18.2. The first-order valence-electron chi connectivity index (χ1n) is 15.6. The standard InChI is InChI=1S/C39H34N2O3/c42-38-32-16-8-9-17-33(32)39(44-38)34-20-18-31(40-22-10-3-11-23-40)25-37(34)43-36-21-19-30(24-35(36)39)41(26-28-12-4-1-5-13-28)27-29-14-6-2-7-15-29/h1-2,4-9,12-21,24-25H,3,10-11,22-23,26-27H2. The number of esters is 1. The monoisotopic (exact) mass is 578 g/mol. The van der Waals surface area contributed by atoms with Crippen molar-refractivity contribution in [1.29, 1.82) is 0 Å². The molecule has 44 heavy (non-hydrogen) atoms. The summed E-state index contributed by atoms with van der Waals surface area (Å²) in [6.45, 7) is 3.55. The maximum atomic E-state index is 13.5. The number of fused-ring (bicyclic) bond motifs is 6. The topological polar surface area (TPSA) is 42.0 Å². The summed E-state index contributed by atoms with van der Waals surface area (Å²) in [5.41, 5.74) is 6.69. The number of ether oxygens (including phenoxy) is 2. The quantitative estimate of drug-likeness (QED) is 0.189. The Morgan fingerprint density at radius 1 is 0.636 bits per heavy atom. The lowest BCUT2D eigenvalue weighted by Gasteiger charge is -2.38. The number of carbonyl (C=O) groups excluding carboxylic acids is 1. The Morgan fingerprint density at radius 2 is 1.32 bits per heavy atom. The lowest BCUT2D eigenvalue weighted by Crippen LogP contribution is -2.34. The third-order valence-corrected chi connectivity index (χ3v) is 9.20. The minimum atomic E-state index is -1.10. The largest absolute Gasteiger partial charge is 0.456 e. The van der Waals surface area contributed by atoms with Crippen LogP contribution in [-0.2, 0) is 23.4 Å². The van der Waals surface area contributed by atoms with E-state index >= 15 is 0 Å². The molecule has 1 spiro atoms. The van der Waals surface area contributed by atoms with E-state index in [1.165, 1.54) is 30.4 Å². The van der Waals surface area contributed by atoms with E-state index in [0.29, 0.717) is 11.3 Å². The number of benzene rings is 5. The molecule has 0 aliphatic carbocycles. The van der Waals surface area contributed by atoms with Crippen LogP contribution in [0, 0.1) is 0 Å². The van der Waals surface area contributed by atoms with Crippen LogP contribution in [0.1, 0.15) is 57.4 Å². The molecule has 1 fully saturated rings. The van der Waals surface area contributed by atoms with Gasteiger partial charge in [0.05, 0.1) is 5.56 Å². The van der Waals surface area contributed by atoms with Crippen LogP contribution < -0.4 is 14.5 Å². The third-order valence-electron chi connectivity index (χ3n) is 9.20. The minimum absolute atomic E-state index is 0.310. The van der Waals surface area contributed by atoms with Crippen molar-refractivity contribution in [2.45, 2.75) is 38.0 Å². The molecule has 5 aromatic carbocycles. The first-order chi connectivity index (χ1) is 21.7. The van der Waals surface area contributed by atoms with Gasteiger partial charge in [0, 0.05) is 60.3 Å². The van der Waals surface area contributed by atoms with Crippen LogP contribution in [0.25, 0.3) is 0 Å². The van der Waals surface area contributed by atoms with Gasteiger partial charge in [0.1, 0.15) is 11.5 Å². The smallest absolute Gasteiger partial charge is 0.340 e. The first kappa shape index (κ1) is 26.6. The number of rotatable bonds is 6. The van der Waals surface area contributed by atoms with E-state index in [4.69, 9.17) is 9.47 Å². The van der Waals surface area contributed by atoms with Gasteiger partial charge in [-0.2, -0.15) is 0 Å². The number of nitrogens with zero attached hydrogens (tertiary/aromatic N) is 2. The van der Waals surface area contributed by atoms with Crippen LogP contribution in [0.5, 0.6) is 11.5 Å². The second-order valence-corrected chi connectivity index (χ2v) is 12.0. The molecule has 218 valence electrons. The van der Waals surface area contributed by atoms with Crippen molar-refractivity contribution in [2.24, 2.45) is 0 Å². The van der Waals surface area contributed by atoms with Gasteiger partial charge in [-0.3, -0.25) is 0 Å². The molecule has 0 radical (unpaired) electrons. The van der Waals surface area contributed by atoms with E-state index in [0.717, 1.165) is 60.0 Å². The van der Waals surface area contributed by atoms with Gasteiger partial charge in [0.2, 0.25) is 0 Å². The molecule has 1 unspecified atom stereocenters. The van der Waals surface area contributed by atoms with Crippen LogP contribution >= 0.6 is 0 Å². The Morgan fingerprint density at radius 3 is 2.05 bits per heavy atom. The van der Waals surface area contributed by atoms with Crippen molar-refractivity contribution < 1.29 is 14.3 Å². The highest BCUT2D eigenvalue weighted by Crippen LogP contribution is 2.57. The lowest BCUT2D eigenvalue weighted by atomic mass is 9.77. The summed E-state index contributed by atoms with van der Waals surface area (Å²) in [5, 5.41) is 0. The number of carbonyl (C=O) groups is 1. The van der Waals surface area contributed by atoms with Crippen LogP contribution in [0.3, 0.4) is 0 Å². The molecule has 0 bridgehead atoms. The first-order valence-corrected chi connectivity index (χ1v) is 15.6. The number of hydrogen-bond donors (Lipinski definition) is 0. The molecule has 0 amide bonds. The van der Waals surface area contributed by atoms with Gasteiger partial charge in [-0.15, -0.1) is 0 Å². The summed E-state index contributed by atoms with van der Waals surface area (Å²) in [7, 11) is 0. The molecule has 8 rings (SSSR count). The molecule has 0 N–H and O–H groups in total. The Hall–Kier alpha value is -5.03. The van der Waals surface area contributed by atoms with Gasteiger partial charge in [-0.05, 0) is 66.8 Å². The summed E-state index contributed by atoms with van der Waals surface area (Å²) < 4.78 is 13.2. The molecule has 5 nitrogen and oxygen atoms in total. The fraction of sp³-hybridized carbons (Fsp3) is 0.205. The van der Waals surface area contributed by atoms with Crippen molar-refractivity contribution in [3.8, 4) is 11.5 Å². The van der Waals surface area contributed by atoms with Crippen molar-refractivity contribution in [2.75, 3.05) is 22.9 Å². The molecule has 1 saturated heterocycles. The molecule has 3 heterocycles. The van der Waals surface area contributed by atoms with E-state index in [1.54, 1.807) is 0 Å². The Balaban J connectivity index is 1.27. The molecule has 1 atom stereocenters. The van der Waals surface area contributed by atoms with E-state index in [1.807, 2.05) is 42.5 Å². The van der Waals surface area contributed by atoms with Gasteiger partial charge in [-0.25, -0.2) is 4.79 Å². The Bertz CT molecular complexity index is 1790. The molecule has 0 aromatic heterocycles.